The highest BCUT2D eigenvalue weighted by Gasteiger charge is 2.33. The lowest BCUT2D eigenvalue weighted by molar-refractivity contribution is -0.142. The van der Waals surface area contributed by atoms with Gasteiger partial charge in [0.05, 0.1) is 13.2 Å². The van der Waals surface area contributed by atoms with Crippen LogP contribution < -0.4 is 20.1 Å². The molecule has 0 aliphatic carbocycles. The molecule has 3 aliphatic rings. The number of nitrogens with zero attached hydrogens (tertiary/aromatic N) is 6. The highest BCUT2D eigenvalue weighted by Crippen LogP contribution is 2.31. The van der Waals surface area contributed by atoms with E-state index in [0.29, 0.717) is 54.7 Å². The largest absolute Gasteiger partial charge is 0.485 e. The fraction of sp³-hybridized carbons (Fsp3) is 0.536. The van der Waals surface area contributed by atoms with E-state index in [4.69, 9.17) is 31.4 Å². The van der Waals surface area contributed by atoms with Crippen LogP contribution in [0.15, 0.2) is 35.3 Å². The molecule has 1 unspecified atom stereocenters. The predicted molar refractivity (Wildman–Crippen MR) is 160 cm³/mol. The summed E-state index contributed by atoms with van der Waals surface area (Å²) in [5.74, 6) is 2.18. The standard InChI is InChI=1S/C28H38N8O4S/c1-20-18-21(2)31-26(30-20)32-27(33-28(41)29-8-5-9-34-14-16-38-17-15-34)36-12-10-35(11-13-36)25(37)24-19-39-22-6-3-4-7-23(22)40-24/h3-4,6-7,18,24H,5,8-17,19H2,1-2H3,(H2,29,30,31,32,33,41). The number of piperazine rings is 1. The number of carbonyl (C=O) groups excluding carboxylic acids is 1. The maximum absolute atomic E-state index is 13.2. The van der Waals surface area contributed by atoms with Crippen molar-refractivity contribution < 1.29 is 19.0 Å². The van der Waals surface area contributed by atoms with E-state index in [0.717, 1.165) is 57.2 Å². The molecule has 0 saturated carbocycles. The van der Waals surface area contributed by atoms with Crippen molar-refractivity contribution in [2.24, 2.45) is 4.99 Å². The highest BCUT2D eigenvalue weighted by atomic mass is 32.1. The van der Waals surface area contributed by atoms with Crippen LogP contribution in [0.5, 0.6) is 11.5 Å². The SMILES string of the molecule is Cc1cc(C)nc(N/C(=N/C(=S)NCCCN2CCOCC2)N2CCN(C(=O)C3COc4ccccc4O3)CC2)n1. The molecule has 13 heteroatoms. The number of amides is 1. The quantitative estimate of drug-likeness (QED) is 0.223. The minimum atomic E-state index is -0.666. The number of fused-ring (bicyclic) bond motifs is 1. The van der Waals surface area contributed by atoms with Gasteiger partial charge in [0.2, 0.25) is 18.0 Å². The van der Waals surface area contributed by atoms with E-state index in [1.807, 2.05) is 49.1 Å². The summed E-state index contributed by atoms with van der Waals surface area (Å²) in [6.07, 6.45) is 0.289. The maximum atomic E-state index is 13.2. The summed E-state index contributed by atoms with van der Waals surface area (Å²) >= 11 is 5.58. The summed E-state index contributed by atoms with van der Waals surface area (Å²) in [7, 11) is 0. The van der Waals surface area contributed by atoms with Crippen molar-refractivity contribution in [3.8, 4) is 11.5 Å². The van der Waals surface area contributed by atoms with Gasteiger partial charge in [-0.1, -0.05) is 12.1 Å². The van der Waals surface area contributed by atoms with Crippen LogP contribution in [0.2, 0.25) is 0 Å². The van der Waals surface area contributed by atoms with Gasteiger partial charge in [0.25, 0.3) is 5.91 Å². The number of benzene rings is 1. The number of nitrogens with one attached hydrogen (secondary N) is 2. The third-order valence-electron chi connectivity index (χ3n) is 7.12. The molecular formula is C28H38N8O4S. The normalized spacial score (nSPS) is 19.6. The Morgan fingerprint density at radius 2 is 1.71 bits per heavy atom. The number of carbonyl (C=O) groups is 1. The second kappa shape index (κ2) is 13.9. The van der Waals surface area contributed by atoms with Gasteiger partial charge >= 0.3 is 0 Å². The number of guanidine groups is 1. The van der Waals surface area contributed by atoms with Gasteiger partial charge < -0.3 is 29.3 Å². The van der Waals surface area contributed by atoms with Gasteiger partial charge in [0.1, 0.15) is 6.61 Å². The zero-order chi connectivity index (χ0) is 28.6. The number of hydrogen-bond donors (Lipinski definition) is 2. The Bertz CT molecular complexity index is 1230. The minimum Gasteiger partial charge on any atom is -0.485 e. The van der Waals surface area contributed by atoms with Crippen LogP contribution in [0, 0.1) is 13.8 Å². The van der Waals surface area contributed by atoms with Crippen LogP contribution in [0.3, 0.4) is 0 Å². The number of ether oxygens (including phenoxy) is 3. The number of aryl methyl sites for hydroxylation is 2. The molecule has 2 fully saturated rings. The number of rotatable bonds is 6. The zero-order valence-corrected chi connectivity index (χ0v) is 24.5. The van der Waals surface area contributed by atoms with Crippen molar-refractivity contribution in [2.75, 3.05) is 77.5 Å². The van der Waals surface area contributed by atoms with E-state index in [1.54, 1.807) is 0 Å². The van der Waals surface area contributed by atoms with E-state index in [1.165, 1.54) is 0 Å². The lowest BCUT2D eigenvalue weighted by Crippen LogP contribution is -2.56. The summed E-state index contributed by atoms with van der Waals surface area (Å²) in [5, 5.41) is 6.93. The Kier molecular flexibility index (Phi) is 9.80. The molecule has 41 heavy (non-hydrogen) atoms. The first-order valence-corrected chi connectivity index (χ1v) is 14.5. The van der Waals surface area contributed by atoms with Gasteiger partial charge in [-0.2, -0.15) is 4.99 Å². The molecule has 1 aromatic heterocycles. The van der Waals surface area contributed by atoms with Gasteiger partial charge in [-0.15, -0.1) is 0 Å². The van der Waals surface area contributed by atoms with Crippen molar-refractivity contribution in [3.63, 3.8) is 0 Å². The third-order valence-corrected chi connectivity index (χ3v) is 7.35. The van der Waals surface area contributed by atoms with Crippen LogP contribution in [0.1, 0.15) is 17.8 Å². The van der Waals surface area contributed by atoms with E-state index < -0.39 is 6.10 Å². The Morgan fingerprint density at radius 3 is 2.44 bits per heavy atom. The van der Waals surface area contributed by atoms with Gasteiger partial charge in [-0.3, -0.25) is 15.0 Å². The smallest absolute Gasteiger partial charge is 0.267 e. The molecule has 1 atom stereocenters. The first kappa shape index (κ1) is 29.0. The highest BCUT2D eigenvalue weighted by molar-refractivity contribution is 7.80. The Labute approximate surface area is 246 Å². The van der Waals surface area contributed by atoms with Crippen molar-refractivity contribution in [1.82, 2.24) is 30.0 Å². The third kappa shape index (κ3) is 8.02. The summed E-state index contributed by atoms with van der Waals surface area (Å²) < 4.78 is 17.1. The topological polar surface area (TPSA) is 117 Å². The number of anilines is 1. The number of thiocarbonyl (C=S) groups is 1. The lowest BCUT2D eigenvalue weighted by Gasteiger charge is -2.38. The average molecular weight is 583 g/mol. The van der Waals surface area contributed by atoms with Gasteiger partial charge in [0.15, 0.2) is 16.6 Å². The van der Waals surface area contributed by atoms with Gasteiger partial charge in [-0.25, -0.2) is 9.97 Å². The summed E-state index contributed by atoms with van der Waals surface area (Å²) in [6.45, 7) is 11.4. The number of aliphatic imine (C=N–C) groups is 1. The van der Waals surface area contributed by atoms with Gasteiger partial charge in [-0.05, 0) is 57.2 Å². The van der Waals surface area contributed by atoms with Gasteiger partial charge in [0, 0.05) is 57.2 Å². The Hall–Kier alpha value is -3.55. The summed E-state index contributed by atoms with van der Waals surface area (Å²) in [5.41, 5.74) is 1.71. The molecule has 220 valence electrons. The fourth-order valence-electron chi connectivity index (χ4n) is 5.00. The van der Waals surface area contributed by atoms with Crippen molar-refractivity contribution in [3.05, 3.63) is 41.7 Å². The Morgan fingerprint density at radius 1 is 1.02 bits per heavy atom. The number of aromatic nitrogens is 2. The molecule has 12 nitrogen and oxygen atoms in total. The maximum Gasteiger partial charge on any atom is 0.267 e. The van der Waals surface area contributed by atoms with Crippen LogP contribution in [-0.2, 0) is 9.53 Å². The van der Waals surface area contributed by atoms with E-state index >= 15 is 0 Å². The molecular weight excluding hydrogens is 544 g/mol. The molecule has 2 N–H and O–H groups in total. The van der Waals surface area contributed by atoms with Crippen LogP contribution in [0.4, 0.5) is 5.95 Å². The average Bonchev–Trinajstić information content (AvgIpc) is 2.98. The fourth-order valence-corrected chi connectivity index (χ4v) is 5.19. The number of morpholine rings is 1. The molecule has 0 radical (unpaired) electrons. The molecule has 0 spiro atoms. The number of hydrogen-bond acceptors (Lipinski definition) is 8. The van der Waals surface area contributed by atoms with Crippen molar-refractivity contribution in [1.29, 1.82) is 0 Å². The molecule has 3 aliphatic heterocycles. The molecule has 1 amide bonds. The van der Waals surface area contributed by atoms with Crippen LogP contribution >= 0.6 is 12.2 Å². The molecule has 2 saturated heterocycles. The minimum absolute atomic E-state index is 0.0827. The second-order valence-corrected chi connectivity index (χ2v) is 10.6. The zero-order valence-electron chi connectivity index (χ0n) is 23.7. The predicted octanol–water partition coefficient (Wildman–Crippen LogP) is 1.44. The lowest BCUT2D eigenvalue weighted by atomic mass is 10.2. The van der Waals surface area contributed by atoms with Crippen LogP contribution in [0.25, 0.3) is 0 Å². The van der Waals surface area contributed by atoms with Crippen LogP contribution in [-0.4, -0.2) is 120 Å². The van der Waals surface area contributed by atoms with Crippen molar-refractivity contribution >= 4 is 35.1 Å². The number of para-hydroxylation sites is 2. The first-order chi connectivity index (χ1) is 19.9. The van der Waals surface area contributed by atoms with E-state index in [9.17, 15) is 4.79 Å². The first-order valence-electron chi connectivity index (χ1n) is 14.1. The molecule has 1 aromatic carbocycles. The van der Waals surface area contributed by atoms with E-state index in [-0.39, 0.29) is 12.5 Å². The molecule has 4 heterocycles. The van der Waals surface area contributed by atoms with E-state index in [2.05, 4.69) is 30.4 Å². The Balaban J connectivity index is 1.19. The monoisotopic (exact) mass is 582 g/mol. The molecule has 2 aromatic rings. The van der Waals surface area contributed by atoms with Crippen molar-refractivity contribution in [2.45, 2.75) is 26.4 Å². The molecule has 0 bridgehead atoms. The summed E-state index contributed by atoms with van der Waals surface area (Å²) in [4.78, 5) is 33.3. The summed E-state index contributed by atoms with van der Waals surface area (Å²) in [6, 6.07) is 9.32. The second-order valence-electron chi connectivity index (χ2n) is 10.3. The molecule has 5 rings (SSSR count).